The van der Waals surface area contributed by atoms with Gasteiger partial charge in [0.15, 0.2) is 0 Å². The summed E-state index contributed by atoms with van der Waals surface area (Å²) in [6, 6.07) is 6.18. The topological polar surface area (TPSA) is 58.4 Å². The molecular formula is C14H22FN3O. The number of rotatable bonds is 7. The highest BCUT2D eigenvalue weighted by atomic mass is 19.1. The van der Waals surface area contributed by atoms with E-state index in [2.05, 4.69) is 5.32 Å². The van der Waals surface area contributed by atoms with Gasteiger partial charge in [-0.3, -0.25) is 9.69 Å². The average molecular weight is 267 g/mol. The SMILES string of the molecule is CCNC(=O)CN(CC)C(CN)c1ccc(F)cc1. The summed E-state index contributed by atoms with van der Waals surface area (Å²) < 4.78 is 12.9. The summed E-state index contributed by atoms with van der Waals surface area (Å²) >= 11 is 0. The second kappa shape index (κ2) is 7.86. The average Bonchev–Trinajstić information content (AvgIpc) is 2.40. The largest absolute Gasteiger partial charge is 0.355 e. The molecule has 0 aliphatic heterocycles. The van der Waals surface area contributed by atoms with Crippen LogP contribution in [0.1, 0.15) is 25.5 Å². The van der Waals surface area contributed by atoms with Gasteiger partial charge in [0, 0.05) is 19.1 Å². The Morgan fingerprint density at radius 3 is 2.47 bits per heavy atom. The van der Waals surface area contributed by atoms with E-state index in [-0.39, 0.29) is 17.8 Å². The molecule has 0 saturated carbocycles. The van der Waals surface area contributed by atoms with Crippen molar-refractivity contribution < 1.29 is 9.18 Å². The van der Waals surface area contributed by atoms with Gasteiger partial charge in [0.25, 0.3) is 0 Å². The second-order valence-corrected chi connectivity index (χ2v) is 4.32. The van der Waals surface area contributed by atoms with Crippen molar-refractivity contribution in [2.24, 2.45) is 5.73 Å². The molecule has 0 heterocycles. The molecule has 0 radical (unpaired) electrons. The monoisotopic (exact) mass is 267 g/mol. The lowest BCUT2D eigenvalue weighted by Crippen LogP contribution is -2.41. The van der Waals surface area contributed by atoms with Crippen molar-refractivity contribution in [2.45, 2.75) is 19.9 Å². The number of carbonyl (C=O) groups is 1. The smallest absolute Gasteiger partial charge is 0.234 e. The van der Waals surface area contributed by atoms with Crippen LogP contribution in [0.15, 0.2) is 24.3 Å². The van der Waals surface area contributed by atoms with Crippen LogP contribution in [0.25, 0.3) is 0 Å². The predicted molar refractivity (Wildman–Crippen MR) is 74.1 cm³/mol. The van der Waals surface area contributed by atoms with E-state index in [1.807, 2.05) is 18.7 Å². The van der Waals surface area contributed by atoms with Crippen molar-refractivity contribution in [3.8, 4) is 0 Å². The van der Waals surface area contributed by atoms with E-state index < -0.39 is 0 Å². The number of benzene rings is 1. The number of amides is 1. The molecule has 0 fully saturated rings. The summed E-state index contributed by atoms with van der Waals surface area (Å²) in [5.41, 5.74) is 6.73. The highest BCUT2D eigenvalue weighted by molar-refractivity contribution is 5.78. The number of likely N-dealkylation sites (N-methyl/N-ethyl adjacent to an activating group) is 2. The molecule has 19 heavy (non-hydrogen) atoms. The Morgan fingerprint density at radius 1 is 1.37 bits per heavy atom. The quantitative estimate of drug-likeness (QED) is 0.782. The lowest BCUT2D eigenvalue weighted by molar-refractivity contribution is -0.122. The number of carbonyl (C=O) groups excluding carboxylic acids is 1. The van der Waals surface area contributed by atoms with Crippen LogP contribution in [0.5, 0.6) is 0 Å². The number of hydrogen-bond acceptors (Lipinski definition) is 3. The van der Waals surface area contributed by atoms with Gasteiger partial charge in [0.1, 0.15) is 5.82 Å². The Bertz CT molecular complexity index is 394. The molecule has 0 spiro atoms. The molecule has 1 rings (SSSR count). The molecule has 106 valence electrons. The van der Waals surface area contributed by atoms with Crippen LogP contribution in [0.3, 0.4) is 0 Å². The molecule has 3 N–H and O–H groups in total. The minimum atomic E-state index is -0.272. The maximum atomic E-state index is 12.9. The molecule has 1 unspecified atom stereocenters. The van der Waals surface area contributed by atoms with Gasteiger partial charge in [-0.25, -0.2) is 4.39 Å². The van der Waals surface area contributed by atoms with E-state index >= 15 is 0 Å². The third-order valence-electron chi connectivity index (χ3n) is 3.05. The summed E-state index contributed by atoms with van der Waals surface area (Å²) in [5, 5.41) is 2.77. The third kappa shape index (κ3) is 4.61. The van der Waals surface area contributed by atoms with Gasteiger partial charge < -0.3 is 11.1 Å². The minimum Gasteiger partial charge on any atom is -0.355 e. The minimum absolute atomic E-state index is 0.0232. The standard InChI is InChI=1S/C14H22FN3O/c1-3-17-14(19)10-18(4-2)13(9-16)11-5-7-12(15)8-6-11/h5-8,13H,3-4,9-10,16H2,1-2H3,(H,17,19). The first-order chi connectivity index (χ1) is 9.12. The zero-order chi connectivity index (χ0) is 14.3. The molecule has 0 aliphatic carbocycles. The molecular weight excluding hydrogens is 245 g/mol. The van der Waals surface area contributed by atoms with Gasteiger partial charge >= 0.3 is 0 Å². The first-order valence-electron chi connectivity index (χ1n) is 6.58. The maximum absolute atomic E-state index is 12.9. The Balaban J connectivity index is 2.80. The molecule has 0 saturated heterocycles. The van der Waals surface area contributed by atoms with Crippen LogP contribution in [-0.4, -0.2) is 37.0 Å². The fraction of sp³-hybridized carbons (Fsp3) is 0.500. The third-order valence-corrected chi connectivity index (χ3v) is 3.05. The summed E-state index contributed by atoms with van der Waals surface area (Å²) in [6.07, 6.45) is 0. The van der Waals surface area contributed by atoms with Crippen molar-refractivity contribution in [3.63, 3.8) is 0 Å². The first kappa shape index (κ1) is 15.6. The Kier molecular flexibility index (Phi) is 6.45. The van der Waals surface area contributed by atoms with E-state index in [4.69, 9.17) is 5.73 Å². The van der Waals surface area contributed by atoms with Crippen LogP contribution >= 0.6 is 0 Å². The number of halogens is 1. The second-order valence-electron chi connectivity index (χ2n) is 4.32. The molecule has 4 nitrogen and oxygen atoms in total. The van der Waals surface area contributed by atoms with E-state index in [0.29, 0.717) is 26.2 Å². The van der Waals surface area contributed by atoms with Crippen LogP contribution in [0, 0.1) is 5.82 Å². The van der Waals surface area contributed by atoms with E-state index in [1.165, 1.54) is 12.1 Å². The van der Waals surface area contributed by atoms with Crippen molar-refractivity contribution in [1.29, 1.82) is 0 Å². The lowest BCUT2D eigenvalue weighted by atomic mass is 10.1. The fourth-order valence-electron chi connectivity index (χ4n) is 2.06. The number of nitrogens with one attached hydrogen (secondary N) is 1. The zero-order valence-electron chi connectivity index (χ0n) is 11.5. The summed E-state index contributed by atoms with van der Waals surface area (Å²) in [5.74, 6) is -0.295. The van der Waals surface area contributed by atoms with Crippen LogP contribution in [0.4, 0.5) is 4.39 Å². The van der Waals surface area contributed by atoms with Gasteiger partial charge in [0.2, 0.25) is 5.91 Å². The zero-order valence-corrected chi connectivity index (χ0v) is 11.5. The molecule has 0 aliphatic rings. The van der Waals surface area contributed by atoms with Crippen molar-refractivity contribution in [3.05, 3.63) is 35.6 Å². The van der Waals surface area contributed by atoms with Gasteiger partial charge in [-0.2, -0.15) is 0 Å². The van der Waals surface area contributed by atoms with Crippen molar-refractivity contribution in [2.75, 3.05) is 26.2 Å². The van der Waals surface area contributed by atoms with Crippen molar-refractivity contribution in [1.82, 2.24) is 10.2 Å². The number of nitrogens with zero attached hydrogens (tertiary/aromatic N) is 1. The summed E-state index contributed by atoms with van der Waals surface area (Å²) in [4.78, 5) is 13.6. The molecule has 1 atom stereocenters. The lowest BCUT2D eigenvalue weighted by Gasteiger charge is -2.29. The molecule has 0 bridgehead atoms. The Hall–Kier alpha value is -1.46. The van der Waals surface area contributed by atoms with Gasteiger partial charge in [-0.15, -0.1) is 0 Å². The van der Waals surface area contributed by atoms with Gasteiger partial charge in [-0.05, 0) is 31.2 Å². The Labute approximate surface area is 113 Å². The number of hydrogen-bond donors (Lipinski definition) is 2. The highest BCUT2D eigenvalue weighted by Gasteiger charge is 2.19. The normalized spacial score (nSPS) is 12.5. The predicted octanol–water partition coefficient (Wildman–Crippen LogP) is 1.28. The van der Waals surface area contributed by atoms with Gasteiger partial charge in [-0.1, -0.05) is 19.1 Å². The number of nitrogens with two attached hydrogens (primary N) is 1. The van der Waals surface area contributed by atoms with Crippen molar-refractivity contribution >= 4 is 5.91 Å². The first-order valence-corrected chi connectivity index (χ1v) is 6.58. The molecule has 0 aromatic heterocycles. The van der Waals surface area contributed by atoms with E-state index in [1.54, 1.807) is 12.1 Å². The van der Waals surface area contributed by atoms with Gasteiger partial charge in [0.05, 0.1) is 6.54 Å². The molecule has 1 amide bonds. The van der Waals surface area contributed by atoms with Crippen LogP contribution in [-0.2, 0) is 4.79 Å². The maximum Gasteiger partial charge on any atom is 0.234 e. The Morgan fingerprint density at radius 2 is 2.00 bits per heavy atom. The summed E-state index contributed by atoms with van der Waals surface area (Å²) in [6.45, 7) is 5.86. The molecule has 5 heteroatoms. The summed E-state index contributed by atoms with van der Waals surface area (Å²) in [7, 11) is 0. The van der Waals surface area contributed by atoms with Crippen LogP contribution in [0.2, 0.25) is 0 Å². The molecule has 1 aromatic carbocycles. The molecule has 1 aromatic rings. The van der Waals surface area contributed by atoms with E-state index in [9.17, 15) is 9.18 Å². The fourth-order valence-corrected chi connectivity index (χ4v) is 2.06. The van der Waals surface area contributed by atoms with Crippen LogP contribution < -0.4 is 11.1 Å². The van der Waals surface area contributed by atoms with E-state index in [0.717, 1.165) is 5.56 Å². The highest BCUT2D eigenvalue weighted by Crippen LogP contribution is 2.19.